The van der Waals surface area contributed by atoms with Gasteiger partial charge >= 0.3 is 6.09 Å². The summed E-state index contributed by atoms with van der Waals surface area (Å²) < 4.78 is 5.16. The van der Waals surface area contributed by atoms with Gasteiger partial charge in [-0.15, -0.1) is 11.3 Å². The Morgan fingerprint density at radius 2 is 2.21 bits per heavy atom. The van der Waals surface area contributed by atoms with Crippen LogP contribution in [0, 0.1) is 0 Å². The number of allylic oxidation sites excluding steroid dienone is 1. The molecule has 0 aliphatic heterocycles. The van der Waals surface area contributed by atoms with Crippen molar-refractivity contribution in [3.63, 3.8) is 0 Å². The standard InChI is InChI=1S/C14H20N2O2S/c1-14(2,3)18-13(17)16-15-11-7-6-10(9-11)12-5-4-8-19-12/h4-8,10-11,15H,9H2,1-3H3,(H,16,17)/t10-,11-/m0/s1. The van der Waals surface area contributed by atoms with Crippen LogP contribution in [-0.4, -0.2) is 17.7 Å². The monoisotopic (exact) mass is 280 g/mol. The molecule has 1 amide bonds. The third-order valence-corrected chi connectivity index (χ3v) is 3.75. The molecule has 104 valence electrons. The zero-order chi connectivity index (χ0) is 13.9. The van der Waals surface area contributed by atoms with Crippen LogP contribution in [0.25, 0.3) is 0 Å². The van der Waals surface area contributed by atoms with Crippen molar-refractivity contribution in [1.29, 1.82) is 0 Å². The third-order valence-electron chi connectivity index (χ3n) is 2.75. The number of carbonyl (C=O) groups excluding carboxylic acids is 1. The first-order valence-corrected chi connectivity index (χ1v) is 7.28. The number of hydrogen-bond acceptors (Lipinski definition) is 4. The van der Waals surface area contributed by atoms with Crippen molar-refractivity contribution in [1.82, 2.24) is 10.9 Å². The van der Waals surface area contributed by atoms with Crippen molar-refractivity contribution in [2.75, 3.05) is 0 Å². The Kier molecular flexibility index (Phi) is 4.27. The van der Waals surface area contributed by atoms with Gasteiger partial charge in [0.2, 0.25) is 0 Å². The van der Waals surface area contributed by atoms with Gasteiger partial charge in [0, 0.05) is 16.8 Å². The highest BCUT2D eigenvalue weighted by Gasteiger charge is 2.22. The van der Waals surface area contributed by atoms with Gasteiger partial charge in [0.15, 0.2) is 0 Å². The number of hydrogen-bond donors (Lipinski definition) is 2. The van der Waals surface area contributed by atoms with E-state index in [2.05, 4.69) is 40.5 Å². The molecule has 1 aromatic heterocycles. The molecule has 1 aliphatic carbocycles. The number of hydrazine groups is 1. The second kappa shape index (κ2) is 5.75. The van der Waals surface area contributed by atoms with Gasteiger partial charge in [-0.1, -0.05) is 18.2 Å². The van der Waals surface area contributed by atoms with E-state index in [1.807, 2.05) is 20.8 Å². The summed E-state index contributed by atoms with van der Waals surface area (Å²) in [6.07, 6.45) is 4.78. The van der Waals surface area contributed by atoms with Gasteiger partial charge in [-0.3, -0.25) is 5.43 Å². The zero-order valence-corrected chi connectivity index (χ0v) is 12.3. The Morgan fingerprint density at radius 3 is 2.84 bits per heavy atom. The minimum Gasteiger partial charge on any atom is -0.443 e. The minimum atomic E-state index is -0.475. The highest BCUT2D eigenvalue weighted by molar-refractivity contribution is 7.10. The predicted octanol–water partition coefficient (Wildman–Crippen LogP) is 3.19. The average Bonchev–Trinajstić information content (AvgIpc) is 2.95. The maximum Gasteiger partial charge on any atom is 0.422 e. The van der Waals surface area contributed by atoms with Crippen molar-refractivity contribution in [2.24, 2.45) is 0 Å². The van der Waals surface area contributed by atoms with Crippen molar-refractivity contribution >= 4 is 17.4 Å². The molecule has 2 atom stereocenters. The lowest BCUT2D eigenvalue weighted by Gasteiger charge is -2.21. The van der Waals surface area contributed by atoms with Crippen LogP contribution in [0.15, 0.2) is 29.7 Å². The lowest BCUT2D eigenvalue weighted by atomic mass is 10.1. The lowest BCUT2D eigenvalue weighted by Crippen LogP contribution is -2.45. The largest absolute Gasteiger partial charge is 0.443 e. The molecule has 1 aliphatic rings. The second-order valence-electron chi connectivity index (χ2n) is 5.62. The molecule has 0 saturated carbocycles. The average molecular weight is 280 g/mol. The molecule has 2 rings (SSSR count). The van der Waals surface area contributed by atoms with Crippen LogP contribution >= 0.6 is 11.3 Å². The Labute approximate surface area is 117 Å². The predicted molar refractivity (Wildman–Crippen MR) is 77.1 cm³/mol. The molecule has 4 nitrogen and oxygen atoms in total. The van der Waals surface area contributed by atoms with Crippen LogP contribution in [0.2, 0.25) is 0 Å². The molecule has 0 spiro atoms. The van der Waals surface area contributed by atoms with E-state index >= 15 is 0 Å². The molecule has 2 N–H and O–H groups in total. The van der Waals surface area contributed by atoms with Crippen LogP contribution in [0.5, 0.6) is 0 Å². The number of ether oxygens (including phenoxy) is 1. The van der Waals surface area contributed by atoms with Crippen molar-refractivity contribution in [2.45, 2.75) is 44.8 Å². The molecule has 1 heterocycles. The van der Waals surface area contributed by atoms with Gasteiger partial charge in [0.25, 0.3) is 0 Å². The molecule has 0 radical (unpaired) electrons. The van der Waals surface area contributed by atoms with E-state index in [0.29, 0.717) is 5.92 Å². The quantitative estimate of drug-likeness (QED) is 0.660. The summed E-state index contributed by atoms with van der Waals surface area (Å²) in [6, 6.07) is 4.36. The van der Waals surface area contributed by atoms with Gasteiger partial charge < -0.3 is 4.74 Å². The van der Waals surface area contributed by atoms with Crippen molar-refractivity contribution < 1.29 is 9.53 Å². The molecule has 5 heteroatoms. The van der Waals surface area contributed by atoms with Gasteiger partial charge in [0.05, 0.1) is 0 Å². The van der Waals surface area contributed by atoms with Crippen molar-refractivity contribution in [3.8, 4) is 0 Å². The number of rotatable bonds is 3. The summed E-state index contributed by atoms with van der Waals surface area (Å²) in [5.74, 6) is 0.443. The highest BCUT2D eigenvalue weighted by atomic mass is 32.1. The van der Waals surface area contributed by atoms with E-state index in [1.165, 1.54) is 4.88 Å². The zero-order valence-electron chi connectivity index (χ0n) is 11.5. The van der Waals surface area contributed by atoms with Crippen molar-refractivity contribution in [3.05, 3.63) is 34.5 Å². The fourth-order valence-corrected chi connectivity index (χ4v) is 2.80. The number of carbonyl (C=O) groups is 1. The van der Waals surface area contributed by atoms with E-state index in [1.54, 1.807) is 11.3 Å². The minimum absolute atomic E-state index is 0.152. The Morgan fingerprint density at radius 1 is 1.42 bits per heavy atom. The lowest BCUT2D eigenvalue weighted by molar-refractivity contribution is 0.0492. The SMILES string of the molecule is CC(C)(C)OC(=O)NN[C@H]1C=C[C@H](c2cccs2)C1. The van der Waals surface area contributed by atoms with E-state index in [4.69, 9.17) is 4.74 Å². The summed E-state index contributed by atoms with van der Waals surface area (Å²) in [6.45, 7) is 5.53. The first kappa shape index (κ1) is 14.1. The topological polar surface area (TPSA) is 50.4 Å². The molecule has 0 fully saturated rings. The third kappa shape index (κ3) is 4.36. The molecular weight excluding hydrogens is 260 g/mol. The fraction of sp³-hybridized carbons (Fsp3) is 0.500. The summed E-state index contributed by atoms with van der Waals surface area (Å²) in [7, 11) is 0. The maximum atomic E-state index is 11.5. The molecular formula is C14H20N2O2S. The fourth-order valence-electron chi connectivity index (χ4n) is 1.97. The summed E-state index contributed by atoms with van der Waals surface area (Å²) in [5, 5.41) is 2.09. The second-order valence-corrected chi connectivity index (χ2v) is 6.60. The number of nitrogens with one attached hydrogen (secondary N) is 2. The van der Waals surface area contributed by atoms with E-state index in [9.17, 15) is 4.79 Å². The Bertz CT molecular complexity index is 449. The molecule has 19 heavy (non-hydrogen) atoms. The van der Waals surface area contributed by atoms with Gasteiger partial charge in [-0.05, 0) is 38.6 Å². The molecule has 1 aromatic rings. The van der Waals surface area contributed by atoms with Gasteiger partial charge in [0.1, 0.15) is 5.60 Å². The number of thiophene rings is 1. The van der Waals surface area contributed by atoms with Gasteiger partial charge in [-0.25, -0.2) is 10.2 Å². The maximum absolute atomic E-state index is 11.5. The Balaban J connectivity index is 1.74. The van der Waals surface area contributed by atoms with Crippen LogP contribution in [0.1, 0.15) is 38.0 Å². The van der Waals surface area contributed by atoms with E-state index < -0.39 is 11.7 Å². The van der Waals surface area contributed by atoms with Crippen LogP contribution in [-0.2, 0) is 4.74 Å². The van der Waals surface area contributed by atoms with Gasteiger partial charge in [-0.2, -0.15) is 0 Å². The Hall–Kier alpha value is -1.33. The first-order valence-electron chi connectivity index (χ1n) is 6.40. The summed E-state index contributed by atoms with van der Waals surface area (Å²) in [5.41, 5.74) is 5.10. The normalized spacial score (nSPS) is 22.5. The van der Waals surface area contributed by atoms with E-state index in [0.717, 1.165) is 6.42 Å². The molecule has 0 saturated heterocycles. The molecule has 0 bridgehead atoms. The summed E-state index contributed by atoms with van der Waals surface area (Å²) >= 11 is 1.76. The smallest absolute Gasteiger partial charge is 0.422 e. The number of amides is 1. The molecule has 0 aromatic carbocycles. The van der Waals surface area contributed by atoms with Crippen LogP contribution < -0.4 is 10.9 Å². The van der Waals surface area contributed by atoms with E-state index in [-0.39, 0.29) is 6.04 Å². The van der Waals surface area contributed by atoms with Crippen LogP contribution in [0.4, 0.5) is 4.79 Å². The molecule has 0 unspecified atom stereocenters. The first-order chi connectivity index (χ1) is 8.94. The van der Waals surface area contributed by atoms with Crippen LogP contribution in [0.3, 0.4) is 0 Å². The highest BCUT2D eigenvalue weighted by Crippen LogP contribution is 2.31. The summed E-state index contributed by atoms with van der Waals surface area (Å²) in [4.78, 5) is 12.9.